The number of hydrogen-bond acceptors (Lipinski definition) is 6. The monoisotopic (exact) mass is 461 g/mol. The first kappa shape index (κ1) is 23.5. The Bertz CT molecular complexity index is 736. The van der Waals surface area contributed by atoms with Crippen LogP contribution in [0.5, 0.6) is 0 Å². The van der Waals surface area contributed by atoms with E-state index in [1.54, 1.807) is 0 Å². The van der Waals surface area contributed by atoms with E-state index in [4.69, 9.17) is 16.3 Å². The minimum atomic E-state index is -0.607. The van der Waals surface area contributed by atoms with Gasteiger partial charge in [0.1, 0.15) is 6.23 Å². The number of nitrogens with two attached hydrogens (primary N) is 2. The lowest BCUT2D eigenvalue weighted by Crippen LogP contribution is -2.56. The van der Waals surface area contributed by atoms with Gasteiger partial charge in [0.2, 0.25) is 11.8 Å². The molecule has 0 aromatic carbocycles. The van der Waals surface area contributed by atoms with Crippen LogP contribution in [0.1, 0.15) is 71.1 Å². The fourth-order valence-electron chi connectivity index (χ4n) is 7.13. The maximum Gasteiger partial charge on any atom is 0.242 e. The van der Waals surface area contributed by atoms with Crippen molar-refractivity contribution in [3.63, 3.8) is 0 Å². The maximum atomic E-state index is 13.4. The van der Waals surface area contributed by atoms with Gasteiger partial charge in [-0.05, 0) is 68.6 Å². The molecule has 5 rings (SSSR count). The number of piperazine rings is 1. The number of rotatable bonds is 4. The normalized spacial score (nSPS) is 41.1. The summed E-state index contributed by atoms with van der Waals surface area (Å²) < 4.78 is 0. The van der Waals surface area contributed by atoms with Crippen molar-refractivity contribution in [2.24, 2.45) is 41.1 Å². The average molecular weight is 462 g/mol. The van der Waals surface area contributed by atoms with Gasteiger partial charge in [0, 0.05) is 44.6 Å². The molecule has 33 heavy (non-hydrogen) atoms. The third-order valence-corrected chi connectivity index (χ3v) is 9.47. The highest BCUT2D eigenvalue weighted by Crippen LogP contribution is 2.45. The molecule has 3 saturated carbocycles. The second-order valence-corrected chi connectivity index (χ2v) is 11.7. The van der Waals surface area contributed by atoms with Crippen LogP contribution in [0.15, 0.2) is 0 Å². The highest BCUT2D eigenvalue weighted by atomic mass is 16.7. The van der Waals surface area contributed by atoms with Crippen LogP contribution in [0.2, 0.25) is 0 Å². The van der Waals surface area contributed by atoms with Gasteiger partial charge in [-0.25, -0.2) is 0 Å². The van der Waals surface area contributed by atoms with Crippen molar-refractivity contribution in [1.29, 1.82) is 0 Å². The molecule has 7 atom stereocenters. The van der Waals surface area contributed by atoms with E-state index in [1.165, 1.54) is 32.1 Å². The molecule has 0 aromatic rings. The van der Waals surface area contributed by atoms with Crippen LogP contribution >= 0.6 is 0 Å². The molecule has 7 unspecified atom stereocenters. The second-order valence-electron chi connectivity index (χ2n) is 11.7. The van der Waals surface area contributed by atoms with Gasteiger partial charge in [-0.2, -0.15) is 5.48 Å². The van der Waals surface area contributed by atoms with Crippen molar-refractivity contribution < 1.29 is 14.4 Å². The van der Waals surface area contributed by atoms with Crippen LogP contribution in [-0.4, -0.2) is 65.6 Å². The van der Waals surface area contributed by atoms with E-state index < -0.39 is 5.54 Å². The van der Waals surface area contributed by atoms with Crippen molar-refractivity contribution in [3.05, 3.63) is 0 Å². The lowest BCUT2D eigenvalue weighted by atomic mass is 9.64. The van der Waals surface area contributed by atoms with Crippen LogP contribution in [-0.2, 0) is 14.4 Å². The van der Waals surface area contributed by atoms with Gasteiger partial charge in [-0.15, -0.1) is 0 Å². The summed E-state index contributed by atoms with van der Waals surface area (Å²) in [7, 11) is 0. The molecule has 0 radical (unpaired) electrons. The van der Waals surface area contributed by atoms with E-state index in [1.807, 2.05) is 9.80 Å². The summed E-state index contributed by atoms with van der Waals surface area (Å²) in [6.07, 6.45) is 10.8. The van der Waals surface area contributed by atoms with Crippen LogP contribution in [0.3, 0.4) is 0 Å². The van der Waals surface area contributed by atoms with Crippen molar-refractivity contribution in [2.45, 2.75) is 88.9 Å². The van der Waals surface area contributed by atoms with E-state index in [0.29, 0.717) is 50.0 Å². The lowest BCUT2D eigenvalue weighted by Gasteiger charge is -2.43. The summed E-state index contributed by atoms with van der Waals surface area (Å²) in [4.78, 5) is 35.1. The third-order valence-electron chi connectivity index (χ3n) is 9.47. The zero-order chi connectivity index (χ0) is 23.2. The zero-order valence-corrected chi connectivity index (χ0v) is 20.2. The predicted octanol–water partition coefficient (Wildman–Crippen LogP) is 1.59. The van der Waals surface area contributed by atoms with Crippen molar-refractivity contribution in [2.75, 3.05) is 26.2 Å². The van der Waals surface area contributed by atoms with Gasteiger partial charge in [0.15, 0.2) is 0 Å². The number of amides is 2. The number of nitrogens with zero attached hydrogens (tertiary/aromatic N) is 2. The highest BCUT2D eigenvalue weighted by molar-refractivity contribution is 5.89. The first-order valence-corrected chi connectivity index (χ1v) is 13.4. The van der Waals surface area contributed by atoms with E-state index >= 15 is 0 Å². The van der Waals surface area contributed by atoms with Gasteiger partial charge in [-0.1, -0.05) is 19.8 Å². The van der Waals surface area contributed by atoms with Gasteiger partial charge in [-0.3, -0.25) is 14.4 Å². The zero-order valence-electron chi connectivity index (χ0n) is 20.2. The topological polar surface area (TPSA) is 114 Å². The Morgan fingerprint density at radius 3 is 2.21 bits per heavy atom. The van der Waals surface area contributed by atoms with E-state index in [0.717, 1.165) is 43.9 Å². The largest absolute Gasteiger partial charge is 0.339 e. The van der Waals surface area contributed by atoms with E-state index in [9.17, 15) is 9.59 Å². The van der Waals surface area contributed by atoms with Crippen LogP contribution in [0, 0.1) is 29.6 Å². The van der Waals surface area contributed by atoms with Crippen molar-refractivity contribution in [1.82, 2.24) is 15.3 Å². The minimum Gasteiger partial charge on any atom is -0.339 e. The van der Waals surface area contributed by atoms with E-state index in [2.05, 4.69) is 12.4 Å². The molecular weight excluding hydrogens is 418 g/mol. The van der Waals surface area contributed by atoms with Crippen LogP contribution < -0.4 is 16.9 Å². The lowest BCUT2D eigenvalue weighted by molar-refractivity contribution is -0.145. The van der Waals surface area contributed by atoms with Crippen LogP contribution in [0.25, 0.3) is 0 Å². The summed E-state index contributed by atoms with van der Waals surface area (Å²) in [5, 5.41) is 0. The molecule has 5 N–H and O–H groups in total. The average Bonchev–Trinajstić information content (AvgIpc) is 3.44. The molecule has 0 aromatic heterocycles. The van der Waals surface area contributed by atoms with Gasteiger partial charge in [0.05, 0.1) is 5.54 Å². The Labute approximate surface area is 198 Å². The number of carbonyl (C=O) groups is 2. The first-order valence-electron chi connectivity index (χ1n) is 13.4. The molecule has 0 spiro atoms. The number of carbonyl (C=O) groups excluding carboxylic acids is 2. The Morgan fingerprint density at radius 1 is 0.909 bits per heavy atom. The van der Waals surface area contributed by atoms with E-state index in [-0.39, 0.29) is 18.1 Å². The molecule has 8 heteroatoms. The smallest absolute Gasteiger partial charge is 0.242 e. The molecule has 2 aliphatic heterocycles. The number of hydrogen-bond donors (Lipinski definition) is 3. The Balaban J connectivity index is 1.10. The summed E-state index contributed by atoms with van der Waals surface area (Å²) in [6.45, 7) is 4.83. The fraction of sp³-hybridized carbons (Fsp3) is 0.920. The number of nitrogens with one attached hydrogen (secondary N) is 1. The summed E-state index contributed by atoms with van der Waals surface area (Å²) in [6, 6.07) is 0.401. The van der Waals surface area contributed by atoms with Crippen LogP contribution in [0.4, 0.5) is 0 Å². The Morgan fingerprint density at radius 2 is 1.58 bits per heavy atom. The molecule has 5 fully saturated rings. The fourth-order valence-corrected chi connectivity index (χ4v) is 7.13. The predicted molar refractivity (Wildman–Crippen MR) is 125 cm³/mol. The van der Waals surface area contributed by atoms with Gasteiger partial charge >= 0.3 is 0 Å². The molecular formula is C25H43N5O3. The molecule has 2 amide bonds. The summed E-state index contributed by atoms with van der Waals surface area (Å²) in [5.74, 6) is 3.11. The third kappa shape index (κ3) is 4.95. The standard InChI is InChI=1S/C25H43N5O3/c1-16-13-18(17-3-2-4-19(14-17)21-15-22(26)33-28-21)5-6-20(16)23(31)29-9-11-30(12-10-29)24(32)25(27)7-8-25/h16-22,28H,2-15,26-27H2,1H3. The summed E-state index contributed by atoms with van der Waals surface area (Å²) in [5.41, 5.74) is 14.6. The molecule has 186 valence electrons. The Kier molecular flexibility index (Phi) is 6.73. The number of hydroxylamine groups is 1. The highest BCUT2D eigenvalue weighted by Gasteiger charge is 2.49. The molecule has 0 bridgehead atoms. The SMILES string of the molecule is CC1CC(C2CCCC(C3CC(N)ON3)C2)CCC1C(=O)N1CCN(C(=O)C2(N)CC2)CC1. The van der Waals surface area contributed by atoms with Gasteiger partial charge in [0.25, 0.3) is 0 Å². The maximum absolute atomic E-state index is 13.4. The molecule has 8 nitrogen and oxygen atoms in total. The Hall–Kier alpha value is -1.22. The quantitative estimate of drug-likeness (QED) is 0.586. The molecule has 2 saturated heterocycles. The molecule has 2 heterocycles. The minimum absolute atomic E-state index is 0.0793. The van der Waals surface area contributed by atoms with Gasteiger partial charge < -0.3 is 21.3 Å². The molecule has 5 aliphatic rings. The molecule has 3 aliphatic carbocycles. The summed E-state index contributed by atoms with van der Waals surface area (Å²) >= 11 is 0. The first-order chi connectivity index (χ1) is 15.8. The van der Waals surface area contributed by atoms with Crippen molar-refractivity contribution >= 4 is 11.8 Å². The van der Waals surface area contributed by atoms with Crippen molar-refractivity contribution in [3.8, 4) is 0 Å². The second kappa shape index (κ2) is 9.44.